The van der Waals surface area contributed by atoms with Crippen LogP contribution in [-0.2, 0) is 12.5 Å². The van der Waals surface area contributed by atoms with Crippen LogP contribution >= 0.6 is 11.6 Å². The van der Waals surface area contributed by atoms with E-state index in [0.717, 1.165) is 36.6 Å². The molecule has 0 bridgehead atoms. The summed E-state index contributed by atoms with van der Waals surface area (Å²) in [4.78, 5) is 12.2. The topological polar surface area (TPSA) is 46.0 Å². The van der Waals surface area contributed by atoms with Gasteiger partial charge < -0.3 is 14.8 Å². The minimum atomic E-state index is -0.229. The number of imidazole rings is 1. The number of aromatic nitrogens is 3. The third-order valence-electron chi connectivity index (χ3n) is 8.53. The highest BCUT2D eigenvalue weighted by molar-refractivity contribution is 6.30. The quantitative estimate of drug-likeness (QED) is 0.406. The summed E-state index contributed by atoms with van der Waals surface area (Å²) >= 11 is 6.72. The van der Waals surface area contributed by atoms with Crippen molar-refractivity contribution in [1.82, 2.24) is 24.8 Å². The number of rotatable bonds is 6. The molecular weight excluding hydrogens is 478 g/mol. The summed E-state index contributed by atoms with van der Waals surface area (Å²) in [7, 11) is 2.07. The highest BCUT2D eigenvalue weighted by Crippen LogP contribution is 2.51. The van der Waals surface area contributed by atoms with Gasteiger partial charge in [-0.2, -0.15) is 0 Å². The Bertz CT molecular complexity index is 1280. The second-order valence-electron chi connectivity index (χ2n) is 11.5. The summed E-state index contributed by atoms with van der Waals surface area (Å²) in [6, 6.07) is 11.6. The molecule has 0 spiro atoms. The largest absolute Gasteiger partial charge is 0.336 e. The molecule has 2 aromatic heterocycles. The predicted octanol–water partition coefficient (Wildman–Crippen LogP) is 6.49. The molecule has 37 heavy (non-hydrogen) atoms. The highest BCUT2D eigenvalue weighted by Gasteiger charge is 2.45. The van der Waals surface area contributed by atoms with Gasteiger partial charge in [-0.1, -0.05) is 23.7 Å². The number of benzene rings is 1. The number of likely N-dealkylation sites (tertiary alicyclic amines) is 1. The summed E-state index contributed by atoms with van der Waals surface area (Å²) in [5.74, 6) is 0.483. The molecular formula is C31H40ClN5. The first-order valence-corrected chi connectivity index (χ1v) is 14.0. The van der Waals surface area contributed by atoms with Gasteiger partial charge in [-0.25, -0.2) is 4.98 Å². The van der Waals surface area contributed by atoms with E-state index in [1.165, 1.54) is 28.0 Å². The van der Waals surface area contributed by atoms with Crippen molar-refractivity contribution in [1.29, 1.82) is 0 Å². The second kappa shape index (κ2) is 10.4. The minimum Gasteiger partial charge on any atom is -0.336 e. The van der Waals surface area contributed by atoms with Gasteiger partial charge in [0.2, 0.25) is 0 Å². The van der Waals surface area contributed by atoms with E-state index < -0.39 is 0 Å². The maximum Gasteiger partial charge on any atom is 0.0946 e. The molecule has 1 N–H and O–H groups in total. The predicted molar refractivity (Wildman–Crippen MR) is 154 cm³/mol. The molecule has 6 heteroatoms. The van der Waals surface area contributed by atoms with Crippen molar-refractivity contribution in [3.63, 3.8) is 0 Å². The van der Waals surface area contributed by atoms with Crippen molar-refractivity contribution in [2.75, 3.05) is 13.1 Å². The number of aryl methyl sites for hydroxylation is 1. The molecule has 3 aromatic rings. The Labute approximate surface area is 227 Å². The number of hydrogen-bond donors (Lipinski definition) is 1. The molecule has 1 fully saturated rings. The molecule has 0 amide bonds. The standard InChI is InChI=1S/C31H40ClN5/c1-20(2)35-29(28-18-33-19-36(28)6)26-16-22-8-7-13-34-30(22)31(5,27-10-9-24(32)17-25(26)27)23-11-14-37(15-12-23)21(3)4/h7-10,13,16-21,23,29,35H,11-12,14-15H2,1-6H3/t29-,31-/m1/s1. The molecule has 5 nitrogen and oxygen atoms in total. The lowest BCUT2D eigenvalue weighted by molar-refractivity contribution is 0.121. The first kappa shape index (κ1) is 26.1. The van der Waals surface area contributed by atoms with Gasteiger partial charge in [-0.15, -0.1) is 0 Å². The van der Waals surface area contributed by atoms with Gasteiger partial charge in [0.1, 0.15) is 0 Å². The Morgan fingerprint density at radius 1 is 1.11 bits per heavy atom. The zero-order valence-electron chi connectivity index (χ0n) is 23.0. The molecule has 1 aliphatic carbocycles. The minimum absolute atomic E-state index is 0.0390. The van der Waals surface area contributed by atoms with Crippen LogP contribution in [0.2, 0.25) is 5.02 Å². The number of piperidine rings is 1. The van der Waals surface area contributed by atoms with E-state index in [0.29, 0.717) is 12.0 Å². The van der Waals surface area contributed by atoms with Crippen LogP contribution in [0.15, 0.2) is 49.1 Å². The zero-order chi connectivity index (χ0) is 26.3. The summed E-state index contributed by atoms with van der Waals surface area (Å²) in [5, 5.41) is 4.60. The van der Waals surface area contributed by atoms with E-state index in [1.807, 2.05) is 18.7 Å². The third kappa shape index (κ3) is 4.78. The fraction of sp³-hybridized carbons (Fsp3) is 0.484. The van der Waals surface area contributed by atoms with Crippen LogP contribution in [0, 0.1) is 5.92 Å². The summed E-state index contributed by atoms with van der Waals surface area (Å²) in [6.45, 7) is 13.7. The number of pyridine rings is 1. The van der Waals surface area contributed by atoms with Crippen molar-refractivity contribution < 1.29 is 0 Å². The molecule has 2 atom stereocenters. The van der Waals surface area contributed by atoms with Gasteiger partial charge in [-0.05, 0) is 113 Å². The second-order valence-corrected chi connectivity index (χ2v) is 12.0. The van der Waals surface area contributed by atoms with Gasteiger partial charge >= 0.3 is 0 Å². The molecule has 1 aromatic carbocycles. The van der Waals surface area contributed by atoms with Crippen molar-refractivity contribution in [3.05, 3.63) is 82.2 Å². The maximum absolute atomic E-state index is 6.72. The summed E-state index contributed by atoms with van der Waals surface area (Å²) in [5.41, 5.74) is 7.01. The highest BCUT2D eigenvalue weighted by atomic mass is 35.5. The van der Waals surface area contributed by atoms with Gasteiger partial charge in [-0.3, -0.25) is 4.98 Å². The monoisotopic (exact) mass is 517 g/mol. The third-order valence-corrected chi connectivity index (χ3v) is 8.77. The fourth-order valence-electron chi connectivity index (χ4n) is 6.51. The number of halogens is 1. The van der Waals surface area contributed by atoms with E-state index in [-0.39, 0.29) is 17.5 Å². The molecule has 196 valence electrons. The van der Waals surface area contributed by atoms with Crippen LogP contribution in [0.1, 0.15) is 81.6 Å². The van der Waals surface area contributed by atoms with E-state index in [9.17, 15) is 0 Å². The van der Waals surface area contributed by atoms with Gasteiger partial charge in [0, 0.05) is 35.8 Å². The Morgan fingerprint density at radius 3 is 2.51 bits per heavy atom. The number of hydrogen-bond acceptors (Lipinski definition) is 4. The smallest absolute Gasteiger partial charge is 0.0946 e. The molecule has 0 radical (unpaired) electrons. The van der Waals surface area contributed by atoms with Crippen LogP contribution in [0.5, 0.6) is 0 Å². The average molecular weight is 518 g/mol. The van der Waals surface area contributed by atoms with Crippen LogP contribution in [0.25, 0.3) is 11.6 Å². The SMILES string of the molecule is CC(C)N[C@H](C1=Cc2cccnc2[C@](C)(C2CCN(C(C)C)CC2)c2ccc(Cl)cc21)c1cncn1C. The Kier molecular flexibility index (Phi) is 7.32. The average Bonchev–Trinajstić information content (AvgIpc) is 3.27. The van der Waals surface area contributed by atoms with Crippen molar-refractivity contribution >= 4 is 23.3 Å². The van der Waals surface area contributed by atoms with Gasteiger partial charge in [0.15, 0.2) is 0 Å². The molecule has 0 unspecified atom stereocenters. The molecule has 5 rings (SSSR count). The molecule has 1 aliphatic heterocycles. The van der Waals surface area contributed by atoms with Crippen LogP contribution in [0.4, 0.5) is 0 Å². The Morgan fingerprint density at radius 2 is 1.86 bits per heavy atom. The van der Waals surface area contributed by atoms with E-state index >= 15 is 0 Å². The van der Waals surface area contributed by atoms with Crippen molar-refractivity contribution in [2.45, 2.75) is 71.0 Å². The number of nitrogens with zero attached hydrogens (tertiary/aromatic N) is 4. The van der Waals surface area contributed by atoms with Crippen LogP contribution in [0.3, 0.4) is 0 Å². The zero-order valence-corrected chi connectivity index (χ0v) is 23.8. The lowest BCUT2D eigenvalue weighted by atomic mass is 9.64. The van der Waals surface area contributed by atoms with Gasteiger partial charge in [0.05, 0.1) is 30.0 Å². The van der Waals surface area contributed by atoms with E-state index in [1.54, 1.807) is 0 Å². The normalized spacial score (nSPS) is 21.5. The molecule has 3 heterocycles. The summed E-state index contributed by atoms with van der Waals surface area (Å²) < 4.78 is 2.11. The van der Waals surface area contributed by atoms with Gasteiger partial charge in [0.25, 0.3) is 0 Å². The van der Waals surface area contributed by atoms with Crippen molar-refractivity contribution in [3.8, 4) is 0 Å². The Balaban J connectivity index is 1.72. The summed E-state index contributed by atoms with van der Waals surface area (Å²) in [6.07, 6.45) is 10.5. The van der Waals surface area contributed by atoms with Crippen molar-refractivity contribution in [2.24, 2.45) is 13.0 Å². The maximum atomic E-state index is 6.72. The molecule has 1 saturated heterocycles. The lowest BCUT2D eigenvalue weighted by Gasteiger charge is -2.44. The number of nitrogens with one attached hydrogen (secondary N) is 1. The molecule has 2 aliphatic rings. The van der Waals surface area contributed by atoms with E-state index in [2.05, 4.69) is 97.8 Å². The Hall–Kier alpha value is -2.47. The first-order valence-electron chi connectivity index (χ1n) is 13.6. The lowest BCUT2D eigenvalue weighted by Crippen LogP contribution is -2.45. The van der Waals surface area contributed by atoms with Crippen LogP contribution < -0.4 is 5.32 Å². The van der Waals surface area contributed by atoms with E-state index in [4.69, 9.17) is 16.6 Å². The van der Waals surface area contributed by atoms with Crippen LogP contribution in [-0.4, -0.2) is 44.6 Å². The fourth-order valence-corrected chi connectivity index (χ4v) is 6.68. The molecule has 0 saturated carbocycles. The first-order chi connectivity index (χ1) is 17.7. The number of fused-ring (bicyclic) bond motifs is 2.